The Labute approximate surface area is 92.9 Å². The summed E-state index contributed by atoms with van der Waals surface area (Å²) in [6.45, 7) is 1.66. The van der Waals surface area contributed by atoms with Gasteiger partial charge in [-0.05, 0) is 31.6 Å². The number of ether oxygens (including phenoxy) is 1. The second kappa shape index (κ2) is 5.66. The van der Waals surface area contributed by atoms with E-state index in [1.54, 1.807) is 0 Å². The van der Waals surface area contributed by atoms with Crippen molar-refractivity contribution in [1.82, 2.24) is 0 Å². The van der Waals surface area contributed by atoms with Gasteiger partial charge in [0.25, 0.3) is 0 Å². The van der Waals surface area contributed by atoms with Crippen molar-refractivity contribution in [3.05, 3.63) is 11.6 Å². The van der Waals surface area contributed by atoms with Crippen LogP contribution in [0.5, 0.6) is 0 Å². The standard InChI is InChI=1S/C13H23NO/c14-10-12(9-13-7-4-8-15-13)11-5-2-1-3-6-11/h9,11,13H,1-8,10,14H2/b12-9-. The predicted molar refractivity (Wildman–Crippen MR) is 62.7 cm³/mol. The van der Waals surface area contributed by atoms with E-state index in [2.05, 4.69) is 6.08 Å². The molecule has 1 heterocycles. The molecule has 0 aromatic heterocycles. The second-order valence-corrected chi connectivity index (χ2v) is 4.83. The molecule has 0 radical (unpaired) electrons. The Balaban J connectivity index is 1.94. The molecule has 2 nitrogen and oxygen atoms in total. The van der Waals surface area contributed by atoms with E-state index in [1.807, 2.05) is 0 Å². The molecule has 2 heteroatoms. The summed E-state index contributed by atoms with van der Waals surface area (Å²) in [5, 5.41) is 0. The molecule has 1 atom stereocenters. The first-order valence-corrected chi connectivity index (χ1v) is 6.42. The zero-order valence-corrected chi connectivity index (χ0v) is 9.58. The van der Waals surface area contributed by atoms with E-state index in [-0.39, 0.29) is 0 Å². The quantitative estimate of drug-likeness (QED) is 0.725. The fourth-order valence-electron chi connectivity index (χ4n) is 2.82. The summed E-state index contributed by atoms with van der Waals surface area (Å²) in [7, 11) is 0. The van der Waals surface area contributed by atoms with Crippen molar-refractivity contribution in [2.45, 2.75) is 51.0 Å². The Morgan fingerprint density at radius 3 is 2.53 bits per heavy atom. The van der Waals surface area contributed by atoms with Gasteiger partial charge >= 0.3 is 0 Å². The minimum atomic E-state index is 0.366. The van der Waals surface area contributed by atoms with Crippen molar-refractivity contribution in [3.63, 3.8) is 0 Å². The minimum absolute atomic E-state index is 0.366. The second-order valence-electron chi connectivity index (χ2n) is 4.83. The molecule has 0 bridgehead atoms. The molecule has 1 aliphatic carbocycles. The van der Waals surface area contributed by atoms with Crippen LogP contribution in [-0.4, -0.2) is 19.3 Å². The van der Waals surface area contributed by atoms with Crippen molar-refractivity contribution in [3.8, 4) is 0 Å². The summed E-state index contributed by atoms with van der Waals surface area (Å²) < 4.78 is 5.64. The fourth-order valence-corrected chi connectivity index (χ4v) is 2.82. The molecule has 1 saturated carbocycles. The van der Waals surface area contributed by atoms with E-state index in [4.69, 9.17) is 10.5 Å². The molecular weight excluding hydrogens is 186 g/mol. The summed E-state index contributed by atoms with van der Waals surface area (Å²) in [6.07, 6.45) is 12.0. The van der Waals surface area contributed by atoms with Crippen molar-refractivity contribution >= 4 is 0 Å². The molecular formula is C13H23NO. The maximum Gasteiger partial charge on any atom is 0.0759 e. The summed E-state index contributed by atoms with van der Waals surface area (Å²) in [6, 6.07) is 0. The average molecular weight is 209 g/mol. The zero-order valence-electron chi connectivity index (χ0n) is 9.58. The average Bonchev–Trinajstić information content (AvgIpc) is 2.80. The highest BCUT2D eigenvalue weighted by atomic mass is 16.5. The van der Waals surface area contributed by atoms with Gasteiger partial charge < -0.3 is 10.5 Å². The SMILES string of the molecule is NC/C(=C/C1CCCO1)C1CCCCC1. The lowest BCUT2D eigenvalue weighted by molar-refractivity contribution is 0.144. The van der Waals surface area contributed by atoms with Crippen LogP contribution in [0, 0.1) is 5.92 Å². The topological polar surface area (TPSA) is 35.2 Å². The van der Waals surface area contributed by atoms with E-state index in [1.165, 1.54) is 50.5 Å². The van der Waals surface area contributed by atoms with Crippen LogP contribution in [0.4, 0.5) is 0 Å². The first-order chi connectivity index (χ1) is 7.40. The van der Waals surface area contributed by atoms with Crippen molar-refractivity contribution < 1.29 is 4.74 Å². The Bertz CT molecular complexity index is 213. The largest absolute Gasteiger partial charge is 0.374 e. The van der Waals surface area contributed by atoms with Crippen LogP contribution in [0.1, 0.15) is 44.9 Å². The minimum Gasteiger partial charge on any atom is -0.374 e. The predicted octanol–water partition coefficient (Wildman–Crippen LogP) is 2.63. The van der Waals surface area contributed by atoms with Gasteiger partial charge in [0.1, 0.15) is 0 Å². The first kappa shape index (κ1) is 11.2. The molecule has 1 saturated heterocycles. The summed E-state index contributed by atoms with van der Waals surface area (Å²) in [5.41, 5.74) is 7.32. The molecule has 2 rings (SSSR count). The zero-order chi connectivity index (χ0) is 10.5. The maximum atomic E-state index is 5.86. The van der Waals surface area contributed by atoms with Crippen LogP contribution in [0.15, 0.2) is 11.6 Å². The van der Waals surface area contributed by atoms with Crippen molar-refractivity contribution in [1.29, 1.82) is 0 Å². The van der Waals surface area contributed by atoms with Gasteiger partial charge in [0.15, 0.2) is 0 Å². The summed E-state index contributed by atoms with van der Waals surface area (Å²) in [4.78, 5) is 0. The third kappa shape index (κ3) is 3.05. The van der Waals surface area contributed by atoms with Gasteiger partial charge in [-0.1, -0.05) is 30.9 Å². The highest BCUT2D eigenvalue weighted by Crippen LogP contribution is 2.30. The summed E-state index contributed by atoms with van der Waals surface area (Å²) in [5.74, 6) is 0.757. The molecule has 0 spiro atoms. The van der Waals surface area contributed by atoms with Gasteiger partial charge in [-0.3, -0.25) is 0 Å². The number of rotatable bonds is 3. The molecule has 86 valence electrons. The van der Waals surface area contributed by atoms with E-state index >= 15 is 0 Å². The van der Waals surface area contributed by atoms with Gasteiger partial charge in [0.2, 0.25) is 0 Å². The Morgan fingerprint density at radius 2 is 1.93 bits per heavy atom. The van der Waals surface area contributed by atoms with Gasteiger partial charge in [0.05, 0.1) is 6.10 Å². The van der Waals surface area contributed by atoms with Crippen LogP contribution in [0.2, 0.25) is 0 Å². The van der Waals surface area contributed by atoms with Crippen LogP contribution >= 0.6 is 0 Å². The van der Waals surface area contributed by atoms with Gasteiger partial charge in [0, 0.05) is 13.2 Å². The fraction of sp³-hybridized carbons (Fsp3) is 0.846. The molecule has 2 aliphatic rings. The molecule has 1 aliphatic heterocycles. The summed E-state index contributed by atoms with van der Waals surface area (Å²) >= 11 is 0. The van der Waals surface area contributed by atoms with Gasteiger partial charge in [-0.25, -0.2) is 0 Å². The third-order valence-corrected chi connectivity index (χ3v) is 3.73. The molecule has 0 aromatic carbocycles. The number of hydrogen-bond acceptors (Lipinski definition) is 2. The Morgan fingerprint density at radius 1 is 1.13 bits per heavy atom. The first-order valence-electron chi connectivity index (χ1n) is 6.42. The Kier molecular flexibility index (Phi) is 4.21. The highest BCUT2D eigenvalue weighted by molar-refractivity contribution is 5.12. The van der Waals surface area contributed by atoms with Crippen LogP contribution in [0.25, 0.3) is 0 Å². The van der Waals surface area contributed by atoms with Gasteiger partial charge in [-0.2, -0.15) is 0 Å². The lowest BCUT2D eigenvalue weighted by atomic mass is 9.83. The van der Waals surface area contributed by atoms with E-state index < -0.39 is 0 Å². The van der Waals surface area contributed by atoms with Crippen molar-refractivity contribution in [2.24, 2.45) is 11.7 Å². The molecule has 0 amide bonds. The number of nitrogens with two attached hydrogens (primary N) is 1. The molecule has 0 aromatic rings. The highest BCUT2D eigenvalue weighted by Gasteiger charge is 2.20. The monoisotopic (exact) mass is 209 g/mol. The van der Waals surface area contributed by atoms with E-state index in [9.17, 15) is 0 Å². The number of hydrogen-bond donors (Lipinski definition) is 1. The van der Waals surface area contributed by atoms with E-state index in [0.717, 1.165) is 19.1 Å². The van der Waals surface area contributed by atoms with Crippen LogP contribution in [0.3, 0.4) is 0 Å². The molecule has 2 N–H and O–H groups in total. The molecule has 15 heavy (non-hydrogen) atoms. The van der Waals surface area contributed by atoms with Crippen LogP contribution in [-0.2, 0) is 4.74 Å². The van der Waals surface area contributed by atoms with E-state index in [0.29, 0.717) is 6.10 Å². The lowest BCUT2D eigenvalue weighted by Crippen LogP contribution is -2.18. The third-order valence-electron chi connectivity index (χ3n) is 3.73. The Hall–Kier alpha value is -0.340. The molecule has 1 unspecified atom stereocenters. The normalized spacial score (nSPS) is 29.7. The smallest absolute Gasteiger partial charge is 0.0759 e. The molecule has 2 fully saturated rings. The maximum absolute atomic E-state index is 5.86. The van der Waals surface area contributed by atoms with Crippen LogP contribution < -0.4 is 5.73 Å². The lowest BCUT2D eigenvalue weighted by Gasteiger charge is -2.24. The van der Waals surface area contributed by atoms with Crippen molar-refractivity contribution in [2.75, 3.05) is 13.2 Å². The van der Waals surface area contributed by atoms with Gasteiger partial charge in [-0.15, -0.1) is 0 Å².